The lowest BCUT2D eigenvalue weighted by molar-refractivity contribution is 0.669. The van der Waals surface area contributed by atoms with Crippen molar-refractivity contribution in [3.8, 4) is 56.4 Å². The lowest BCUT2D eigenvalue weighted by atomic mass is 9.87. The molecule has 0 saturated heterocycles. The van der Waals surface area contributed by atoms with Gasteiger partial charge in [-0.05, 0) is 89.6 Å². The number of hydrogen-bond acceptors (Lipinski definition) is 4. The van der Waals surface area contributed by atoms with Crippen molar-refractivity contribution in [1.29, 1.82) is 0 Å². The molecule has 0 N–H and O–H groups in total. The molecule has 10 aromatic carbocycles. The van der Waals surface area contributed by atoms with E-state index in [4.69, 9.17) is 19.4 Å². The number of nitrogens with zero attached hydrogens (tertiary/aromatic N) is 3. The molecule has 4 nitrogen and oxygen atoms in total. The van der Waals surface area contributed by atoms with Gasteiger partial charge in [0, 0.05) is 21.9 Å². The third-order valence-electron chi connectivity index (χ3n) is 11.7. The molecule has 0 aliphatic rings. The van der Waals surface area contributed by atoms with Crippen LogP contribution < -0.4 is 0 Å². The second kappa shape index (κ2) is 13.3. The Bertz CT molecular complexity index is 3610. The molecule has 0 aliphatic carbocycles. The van der Waals surface area contributed by atoms with E-state index in [9.17, 15) is 0 Å². The Morgan fingerprint density at radius 2 is 0.763 bits per heavy atom. The molecule has 0 atom stereocenters. The van der Waals surface area contributed by atoms with Crippen molar-refractivity contribution in [2.75, 3.05) is 0 Å². The normalized spacial score (nSPS) is 11.7. The zero-order chi connectivity index (χ0) is 38.9. The molecular formula is C55H33N3O. The second-order valence-electron chi connectivity index (χ2n) is 15.1. The van der Waals surface area contributed by atoms with Crippen molar-refractivity contribution in [3.63, 3.8) is 0 Å². The number of rotatable bonds is 5. The van der Waals surface area contributed by atoms with E-state index in [0.29, 0.717) is 17.5 Å². The largest absolute Gasteiger partial charge is 0.455 e. The summed E-state index contributed by atoms with van der Waals surface area (Å²) in [5.41, 5.74) is 8.90. The van der Waals surface area contributed by atoms with Gasteiger partial charge in [-0.3, -0.25) is 0 Å². The minimum absolute atomic E-state index is 0.568. The maximum Gasteiger partial charge on any atom is 0.167 e. The van der Waals surface area contributed by atoms with Gasteiger partial charge in [0.15, 0.2) is 17.5 Å². The van der Waals surface area contributed by atoms with Crippen LogP contribution in [0.25, 0.3) is 121 Å². The monoisotopic (exact) mass is 751 g/mol. The zero-order valence-corrected chi connectivity index (χ0v) is 31.8. The van der Waals surface area contributed by atoms with Gasteiger partial charge < -0.3 is 4.42 Å². The van der Waals surface area contributed by atoms with Crippen molar-refractivity contribution in [3.05, 3.63) is 200 Å². The Kier molecular flexibility index (Phi) is 7.50. The SMILES string of the molecule is c1ccc(-c2nc(-c3ccc(-c4cccc(-c5cc6c7ccccc7c7ccccc7c6c6ccccc56)c4)cc3)nc(-c3cccc4c3oc3ccccc34)n2)cc1. The van der Waals surface area contributed by atoms with Gasteiger partial charge in [0.25, 0.3) is 0 Å². The first-order valence-electron chi connectivity index (χ1n) is 19.9. The van der Waals surface area contributed by atoms with E-state index in [1.54, 1.807) is 0 Å². The van der Waals surface area contributed by atoms with Crippen LogP contribution in [0.4, 0.5) is 0 Å². The maximum absolute atomic E-state index is 6.42. The maximum atomic E-state index is 6.42. The Morgan fingerprint density at radius 3 is 1.51 bits per heavy atom. The van der Waals surface area contributed by atoms with Crippen LogP contribution >= 0.6 is 0 Å². The molecular weight excluding hydrogens is 719 g/mol. The number of furan rings is 1. The van der Waals surface area contributed by atoms with Gasteiger partial charge in [0.2, 0.25) is 0 Å². The van der Waals surface area contributed by atoms with Crippen LogP contribution in [0.15, 0.2) is 205 Å². The number of para-hydroxylation sites is 2. The van der Waals surface area contributed by atoms with Crippen LogP contribution in [0.1, 0.15) is 0 Å². The summed E-state index contributed by atoms with van der Waals surface area (Å²) in [4.78, 5) is 15.1. The minimum atomic E-state index is 0.568. The zero-order valence-electron chi connectivity index (χ0n) is 31.8. The first kappa shape index (κ1) is 33.2. The number of fused-ring (bicyclic) bond motifs is 11. The van der Waals surface area contributed by atoms with Crippen LogP contribution in [0.3, 0.4) is 0 Å². The fourth-order valence-corrected chi connectivity index (χ4v) is 8.95. The topological polar surface area (TPSA) is 51.8 Å². The van der Waals surface area contributed by atoms with Gasteiger partial charge in [0.1, 0.15) is 11.2 Å². The standard InChI is InChI=1S/C55H33N3O/c1-2-14-35(15-3-1)53-56-54(58-55(57-53)47-26-13-25-46-43-22-10-11-27-50(43)59-52(46)47)36-30-28-34(29-31-36)37-16-12-17-38(32-37)48-33-49-41-20-5-4-18-39(41)40-19-6-8-23-44(40)51(49)45-24-9-7-21-42(45)48/h1-33H. The molecule has 2 aromatic heterocycles. The predicted octanol–water partition coefficient (Wildman–Crippen LogP) is 14.7. The van der Waals surface area contributed by atoms with E-state index in [-0.39, 0.29) is 0 Å². The highest BCUT2D eigenvalue weighted by atomic mass is 16.3. The second-order valence-corrected chi connectivity index (χ2v) is 15.1. The molecule has 12 rings (SSSR count). The van der Waals surface area contributed by atoms with Crippen molar-refractivity contribution >= 4 is 65.0 Å². The van der Waals surface area contributed by atoms with Crippen LogP contribution in [-0.4, -0.2) is 15.0 Å². The first-order valence-corrected chi connectivity index (χ1v) is 19.9. The summed E-state index contributed by atoms with van der Waals surface area (Å²) in [6.45, 7) is 0. The molecule has 2 heterocycles. The summed E-state index contributed by atoms with van der Waals surface area (Å²) in [5.74, 6) is 1.78. The smallest absolute Gasteiger partial charge is 0.167 e. The van der Waals surface area contributed by atoms with Crippen LogP contribution in [0, 0.1) is 0 Å². The number of benzene rings is 10. The van der Waals surface area contributed by atoms with E-state index in [1.165, 1.54) is 54.2 Å². The van der Waals surface area contributed by atoms with Gasteiger partial charge in [0.05, 0.1) is 5.56 Å². The highest BCUT2D eigenvalue weighted by molar-refractivity contribution is 6.33. The van der Waals surface area contributed by atoms with Crippen molar-refractivity contribution < 1.29 is 4.42 Å². The highest BCUT2D eigenvalue weighted by Crippen LogP contribution is 2.43. The predicted molar refractivity (Wildman–Crippen MR) is 244 cm³/mol. The van der Waals surface area contributed by atoms with Gasteiger partial charge in [-0.15, -0.1) is 0 Å². The van der Waals surface area contributed by atoms with E-state index >= 15 is 0 Å². The van der Waals surface area contributed by atoms with Crippen LogP contribution in [0.5, 0.6) is 0 Å². The van der Waals surface area contributed by atoms with Crippen LogP contribution in [-0.2, 0) is 0 Å². The van der Waals surface area contributed by atoms with E-state index < -0.39 is 0 Å². The molecule has 0 aliphatic heterocycles. The fraction of sp³-hybridized carbons (Fsp3) is 0. The molecule has 0 fully saturated rings. The molecule has 0 bridgehead atoms. The first-order chi connectivity index (χ1) is 29.2. The molecule has 0 spiro atoms. The van der Waals surface area contributed by atoms with Gasteiger partial charge in [-0.1, -0.05) is 176 Å². The Balaban J connectivity index is 0.973. The lowest BCUT2D eigenvalue weighted by Gasteiger charge is -2.16. The van der Waals surface area contributed by atoms with E-state index in [2.05, 4.69) is 140 Å². The minimum Gasteiger partial charge on any atom is -0.455 e. The summed E-state index contributed by atoms with van der Waals surface area (Å²) in [6.07, 6.45) is 0. The van der Waals surface area contributed by atoms with Gasteiger partial charge in [-0.2, -0.15) is 0 Å². The number of hydrogen-bond donors (Lipinski definition) is 0. The molecule has 4 heteroatoms. The summed E-state index contributed by atoms with van der Waals surface area (Å²) < 4.78 is 6.42. The van der Waals surface area contributed by atoms with Gasteiger partial charge in [-0.25, -0.2) is 15.0 Å². The van der Waals surface area contributed by atoms with Crippen molar-refractivity contribution in [2.24, 2.45) is 0 Å². The van der Waals surface area contributed by atoms with Gasteiger partial charge >= 0.3 is 0 Å². The quantitative estimate of drug-likeness (QED) is 0.164. The average Bonchev–Trinajstić information content (AvgIpc) is 3.70. The third kappa shape index (κ3) is 5.42. The summed E-state index contributed by atoms with van der Waals surface area (Å²) in [7, 11) is 0. The molecule has 0 amide bonds. The Hall–Kier alpha value is -7.95. The van der Waals surface area contributed by atoms with Crippen LogP contribution in [0.2, 0.25) is 0 Å². The highest BCUT2D eigenvalue weighted by Gasteiger charge is 2.19. The fourth-order valence-electron chi connectivity index (χ4n) is 8.95. The molecule has 59 heavy (non-hydrogen) atoms. The Labute approximate surface area is 339 Å². The molecule has 0 saturated carbocycles. The number of aromatic nitrogens is 3. The lowest BCUT2D eigenvalue weighted by Crippen LogP contribution is -2.00. The average molecular weight is 752 g/mol. The molecule has 274 valence electrons. The molecule has 12 aromatic rings. The summed E-state index contributed by atoms with van der Waals surface area (Å²) >= 11 is 0. The summed E-state index contributed by atoms with van der Waals surface area (Å²) in [6, 6.07) is 70.7. The molecule has 0 unspecified atom stereocenters. The Morgan fingerprint density at radius 1 is 0.271 bits per heavy atom. The van der Waals surface area contributed by atoms with E-state index in [1.807, 2.05) is 60.7 Å². The van der Waals surface area contributed by atoms with E-state index in [0.717, 1.165) is 49.8 Å². The van der Waals surface area contributed by atoms with Crippen molar-refractivity contribution in [2.45, 2.75) is 0 Å². The van der Waals surface area contributed by atoms with Crippen molar-refractivity contribution in [1.82, 2.24) is 15.0 Å². The molecule has 0 radical (unpaired) electrons. The summed E-state index contributed by atoms with van der Waals surface area (Å²) in [5, 5.41) is 12.3. The third-order valence-corrected chi connectivity index (χ3v) is 11.7.